The van der Waals surface area contributed by atoms with E-state index in [-0.39, 0.29) is 0 Å². The maximum absolute atomic E-state index is 12.4. The van der Waals surface area contributed by atoms with Gasteiger partial charge in [0.25, 0.3) is 0 Å². The van der Waals surface area contributed by atoms with Gasteiger partial charge in [-0.1, -0.05) is 41.8 Å². The van der Waals surface area contributed by atoms with Gasteiger partial charge in [-0.2, -0.15) is 0 Å². The molecular formula is C13H20BrNO2S. The zero-order valence-electron chi connectivity index (χ0n) is 11.1. The van der Waals surface area contributed by atoms with Crippen molar-refractivity contribution >= 4 is 26.0 Å². The molecule has 0 atom stereocenters. The minimum absolute atomic E-state index is 0.385. The highest BCUT2D eigenvalue weighted by Crippen LogP contribution is 2.23. The number of benzene rings is 1. The first-order valence-electron chi connectivity index (χ1n) is 6.12. The monoisotopic (exact) mass is 333 g/mol. The Morgan fingerprint density at radius 3 is 2.56 bits per heavy atom. The zero-order chi connectivity index (χ0) is 13.8. The number of nitrogens with zero attached hydrogens (tertiary/aromatic N) is 1. The number of aryl methyl sites for hydroxylation is 1. The first-order valence-corrected chi connectivity index (χ1v) is 8.35. The smallest absolute Gasteiger partial charge is 0.207 e. The second kappa shape index (κ2) is 6.68. The fourth-order valence-corrected chi connectivity index (χ4v) is 3.69. The lowest BCUT2D eigenvalue weighted by Gasteiger charge is -2.18. The average Bonchev–Trinajstić information content (AvgIpc) is 2.32. The van der Waals surface area contributed by atoms with Crippen molar-refractivity contribution < 1.29 is 8.42 Å². The lowest BCUT2D eigenvalue weighted by atomic mass is 10.2. The van der Waals surface area contributed by atoms with Crippen LogP contribution in [0, 0.1) is 6.92 Å². The van der Waals surface area contributed by atoms with Crippen LogP contribution in [-0.4, -0.2) is 26.3 Å². The van der Waals surface area contributed by atoms with Crippen LogP contribution in [0.2, 0.25) is 0 Å². The summed E-state index contributed by atoms with van der Waals surface area (Å²) in [6.45, 7) is 4.49. The molecule has 0 aliphatic heterocycles. The van der Waals surface area contributed by atoms with Gasteiger partial charge >= 0.3 is 0 Å². The second-order valence-electron chi connectivity index (χ2n) is 4.44. The zero-order valence-corrected chi connectivity index (χ0v) is 13.5. The number of sulfonamides is 1. The van der Waals surface area contributed by atoms with Gasteiger partial charge in [-0.15, -0.1) is 0 Å². The van der Waals surface area contributed by atoms with E-state index in [1.807, 2.05) is 19.1 Å². The largest absolute Gasteiger partial charge is 0.243 e. The van der Waals surface area contributed by atoms with E-state index in [0.717, 1.165) is 29.3 Å². The van der Waals surface area contributed by atoms with Gasteiger partial charge in [-0.25, -0.2) is 12.7 Å². The van der Waals surface area contributed by atoms with Gasteiger partial charge in [0.15, 0.2) is 0 Å². The Bertz CT molecular complexity index is 500. The molecule has 102 valence electrons. The van der Waals surface area contributed by atoms with Gasteiger partial charge in [0, 0.05) is 18.1 Å². The average molecular weight is 334 g/mol. The lowest BCUT2D eigenvalue weighted by molar-refractivity contribution is 0.454. The molecule has 0 bridgehead atoms. The van der Waals surface area contributed by atoms with E-state index in [4.69, 9.17) is 0 Å². The molecule has 0 aliphatic rings. The highest BCUT2D eigenvalue weighted by atomic mass is 79.9. The molecule has 0 aromatic heterocycles. The predicted octanol–water partition coefficient (Wildman–Crippen LogP) is 3.57. The van der Waals surface area contributed by atoms with Crippen molar-refractivity contribution in [1.82, 2.24) is 4.31 Å². The Kier molecular flexibility index (Phi) is 5.82. The molecule has 0 unspecified atom stereocenters. The molecular weight excluding hydrogens is 314 g/mol. The molecule has 0 amide bonds. The Hall–Kier alpha value is -0.390. The van der Waals surface area contributed by atoms with Crippen LogP contribution in [0.1, 0.15) is 31.7 Å². The normalized spacial score (nSPS) is 12.1. The topological polar surface area (TPSA) is 37.4 Å². The molecule has 1 aromatic rings. The van der Waals surface area contributed by atoms with E-state index in [9.17, 15) is 8.42 Å². The molecule has 0 saturated carbocycles. The summed E-state index contributed by atoms with van der Waals surface area (Å²) in [6.07, 6.45) is 3.04. The summed E-state index contributed by atoms with van der Waals surface area (Å²) in [4.78, 5) is 0.385. The van der Waals surface area contributed by atoms with Crippen LogP contribution in [0.4, 0.5) is 0 Å². The second-order valence-corrected chi connectivity index (χ2v) is 7.37. The van der Waals surface area contributed by atoms with Gasteiger partial charge in [-0.05, 0) is 31.0 Å². The molecule has 0 radical (unpaired) electrons. The number of unbranched alkanes of at least 4 members (excludes halogenated alkanes) is 2. The van der Waals surface area contributed by atoms with Crippen molar-refractivity contribution in [1.29, 1.82) is 0 Å². The molecule has 3 nitrogen and oxygen atoms in total. The minimum atomic E-state index is -3.37. The van der Waals surface area contributed by atoms with Crippen LogP contribution < -0.4 is 0 Å². The molecule has 0 aliphatic carbocycles. The Morgan fingerprint density at radius 2 is 1.94 bits per heavy atom. The minimum Gasteiger partial charge on any atom is -0.207 e. The third kappa shape index (κ3) is 3.80. The Morgan fingerprint density at radius 1 is 1.28 bits per heavy atom. The van der Waals surface area contributed by atoms with E-state index >= 15 is 0 Å². The molecule has 1 rings (SSSR count). The highest BCUT2D eigenvalue weighted by Gasteiger charge is 2.22. The van der Waals surface area contributed by atoms with E-state index < -0.39 is 10.0 Å². The molecule has 1 aromatic carbocycles. The number of hydrogen-bond acceptors (Lipinski definition) is 2. The summed E-state index contributed by atoms with van der Waals surface area (Å²) >= 11 is 3.32. The summed E-state index contributed by atoms with van der Waals surface area (Å²) < 4.78 is 27.0. The van der Waals surface area contributed by atoms with Crippen LogP contribution in [0.25, 0.3) is 0 Å². The van der Waals surface area contributed by atoms with E-state index in [1.54, 1.807) is 13.1 Å². The summed E-state index contributed by atoms with van der Waals surface area (Å²) in [6, 6.07) is 5.34. The molecule has 0 saturated heterocycles. The molecule has 0 spiro atoms. The maximum atomic E-state index is 12.4. The van der Waals surface area contributed by atoms with E-state index in [0.29, 0.717) is 11.4 Å². The van der Waals surface area contributed by atoms with Crippen molar-refractivity contribution in [2.45, 2.75) is 38.0 Å². The number of rotatable bonds is 6. The summed E-state index contributed by atoms with van der Waals surface area (Å²) in [7, 11) is -1.73. The molecule has 18 heavy (non-hydrogen) atoms. The first kappa shape index (κ1) is 15.7. The summed E-state index contributed by atoms with van der Waals surface area (Å²) in [5, 5.41) is 0. The van der Waals surface area contributed by atoms with Crippen LogP contribution >= 0.6 is 15.9 Å². The van der Waals surface area contributed by atoms with Gasteiger partial charge in [0.2, 0.25) is 10.0 Å². The van der Waals surface area contributed by atoms with Crippen LogP contribution in [-0.2, 0) is 10.0 Å². The molecule has 0 fully saturated rings. The number of hydrogen-bond donors (Lipinski definition) is 0. The number of halogens is 1. The summed E-state index contributed by atoms with van der Waals surface area (Å²) in [5.41, 5.74) is 0.778. The fraction of sp³-hybridized carbons (Fsp3) is 0.538. The third-order valence-electron chi connectivity index (χ3n) is 2.91. The predicted molar refractivity (Wildman–Crippen MR) is 78.2 cm³/mol. The van der Waals surface area contributed by atoms with Gasteiger partial charge in [-0.3, -0.25) is 0 Å². The maximum Gasteiger partial charge on any atom is 0.243 e. The van der Waals surface area contributed by atoms with Crippen molar-refractivity contribution in [2.24, 2.45) is 0 Å². The van der Waals surface area contributed by atoms with Gasteiger partial charge in [0.05, 0.1) is 4.90 Å². The quantitative estimate of drug-likeness (QED) is 0.746. The van der Waals surface area contributed by atoms with E-state index in [1.165, 1.54) is 4.31 Å². The summed E-state index contributed by atoms with van der Waals surface area (Å²) in [5.74, 6) is 0. The van der Waals surface area contributed by atoms with Crippen molar-refractivity contribution in [3.8, 4) is 0 Å². The Balaban J connectivity index is 2.95. The molecule has 0 heterocycles. The highest BCUT2D eigenvalue weighted by molar-refractivity contribution is 9.10. The third-order valence-corrected chi connectivity index (χ3v) is 5.41. The fourth-order valence-electron chi connectivity index (χ4n) is 1.72. The van der Waals surface area contributed by atoms with Gasteiger partial charge < -0.3 is 0 Å². The Labute approximate surface area is 118 Å². The van der Waals surface area contributed by atoms with Crippen LogP contribution in [0.5, 0.6) is 0 Å². The molecule has 5 heteroatoms. The van der Waals surface area contributed by atoms with Gasteiger partial charge in [0.1, 0.15) is 0 Å². The SMILES string of the molecule is CCCCCN(C)S(=O)(=O)c1cc(Br)ccc1C. The van der Waals surface area contributed by atoms with Crippen LogP contribution in [0.15, 0.2) is 27.6 Å². The standard InChI is InChI=1S/C13H20BrNO2S/c1-4-5-6-9-15(3)18(16,17)13-10-12(14)8-7-11(13)2/h7-8,10H,4-6,9H2,1-3H3. The van der Waals surface area contributed by atoms with E-state index in [2.05, 4.69) is 22.9 Å². The first-order chi connectivity index (χ1) is 8.39. The van der Waals surface area contributed by atoms with Crippen molar-refractivity contribution in [3.63, 3.8) is 0 Å². The molecule has 0 N–H and O–H groups in total. The lowest BCUT2D eigenvalue weighted by Crippen LogP contribution is -2.28. The van der Waals surface area contributed by atoms with Crippen molar-refractivity contribution in [2.75, 3.05) is 13.6 Å². The van der Waals surface area contributed by atoms with Crippen LogP contribution in [0.3, 0.4) is 0 Å². The van der Waals surface area contributed by atoms with Crippen molar-refractivity contribution in [3.05, 3.63) is 28.2 Å².